The van der Waals surface area contributed by atoms with Gasteiger partial charge in [0.05, 0.1) is 22.6 Å². The van der Waals surface area contributed by atoms with E-state index in [1.165, 1.54) is 28.4 Å². The van der Waals surface area contributed by atoms with Crippen molar-refractivity contribution in [3.63, 3.8) is 0 Å². The molecule has 148 valence electrons. The van der Waals surface area contributed by atoms with E-state index in [1.54, 1.807) is 29.6 Å². The molecule has 6 nitrogen and oxygen atoms in total. The maximum absolute atomic E-state index is 13.0. The van der Waals surface area contributed by atoms with Crippen LogP contribution in [0.25, 0.3) is 0 Å². The summed E-state index contributed by atoms with van der Waals surface area (Å²) in [7, 11) is 0. The van der Waals surface area contributed by atoms with Gasteiger partial charge in [0.15, 0.2) is 5.76 Å². The van der Waals surface area contributed by atoms with Crippen molar-refractivity contribution in [2.75, 3.05) is 13.2 Å². The van der Waals surface area contributed by atoms with E-state index in [0.717, 1.165) is 0 Å². The number of nitrogens with zero attached hydrogens (tertiary/aromatic N) is 1. The van der Waals surface area contributed by atoms with Crippen LogP contribution >= 0.6 is 11.3 Å². The first-order valence-electron chi connectivity index (χ1n) is 9.13. The van der Waals surface area contributed by atoms with E-state index in [0.29, 0.717) is 30.0 Å². The largest absolute Gasteiger partial charge is 0.508 e. The van der Waals surface area contributed by atoms with Gasteiger partial charge in [0.25, 0.3) is 5.91 Å². The summed E-state index contributed by atoms with van der Waals surface area (Å²) in [4.78, 5) is 27.7. The minimum atomic E-state index is -0.707. The lowest BCUT2D eigenvalue weighted by Gasteiger charge is -2.27. The Morgan fingerprint density at radius 3 is 2.54 bits per heavy atom. The number of hydrogen-bond acceptors (Lipinski definition) is 6. The van der Waals surface area contributed by atoms with Crippen LogP contribution in [0.1, 0.15) is 41.5 Å². The quantitative estimate of drug-likeness (QED) is 0.518. The molecule has 0 bridgehead atoms. The molecule has 0 fully saturated rings. The third kappa shape index (κ3) is 4.10. The highest BCUT2D eigenvalue weighted by Gasteiger charge is 2.43. The number of carbonyl (C=O) groups excluding carboxylic acids is 2. The van der Waals surface area contributed by atoms with E-state index in [-0.39, 0.29) is 23.2 Å². The number of ether oxygens (including phenoxy) is 1. The number of thiophene rings is 1. The van der Waals surface area contributed by atoms with E-state index in [1.807, 2.05) is 13.8 Å². The van der Waals surface area contributed by atoms with Gasteiger partial charge in [-0.2, -0.15) is 0 Å². The lowest BCUT2D eigenvalue weighted by molar-refractivity contribution is -0.129. The fraction of sp³-hybridized carbons (Fsp3) is 0.333. The smallest absolute Gasteiger partial charge is 0.290 e. The molecule has 1 aromatic carbocycles. The first-order chi connectivity index (χ1) is 13.4. The third-order valence-electron chi connectivity index (χ3n) is 4.50. The molecule has 0 unspecified atom stereocenters. The zero-order chi connectivity index (χ0) is 20.3. The van der Waals surface area contributed by atoms with Gasteiger partial charge in [-0.1, -0.05) is 18.2 Å². The molecule has 2 aromatic rings. The molecule has 3 rings (SSSR count). The Kier molecular flexibility index (Phi) is 6.16. The summed E-state index contributed by atoms with van der Waals surface area (Å²) in [6, 6.07) is 9.04. The van der Waals surface area contributed by atoms with Crippen LogP contribution in [0, 0.1) is 0 Å². The summed E-state index contributed by atoms with van der Waals surface area (Å²) in [5.74, 6) is -1.35. The van der Waals surface area contributed by atoms with E-state index < -0.39 is 17.7 Å². The van der Waals surface area contributed by atoms with Crippen LogP contribution < -0.4 is 0 Å². The molecule has 7 heteroatoms. The number of aliphatic hydroxyl groups excluding tert-OH is 1. The van der Waals surface area contributed by atoms with Crippen LogP contribution in [0.5, 0.6) is 5.75 Å². The van der Waals surface area contributed by atoms with E-state index in [9.17, 15) is 19.8 Å². The standard InChI is InChI=1S/C21H23NO5S/c1-13(2)27-11-4-10-22-18(14-6-8-15(23)9-7-14)17(20(25)21(22)26)19(24)16-5-3-12-28-16/h3,5-9,12-13,18,23,25H,4,10-11H2,1-2H3/t18-/m1/s1. The molecule has 1 aromatic heterocycles. The average Bonchev–Trinajstić information content (AvgIpc) is 3.28. The molecule has 2 heterocycles. The molecule has 1 aliphatic rings. The topological polar surface area (TPSA) is 87.1 Å². The van der Waals surface area contributed by atoms with Crippen LogP contribution in [0.15, 0.2) is 53.1 Å². The number of amides is 1. The summed E-state index contributed by atoms with van der Waals surface area (Å²) >= 11 is 1.26. The summed E-state index contributed by atoms with van der Waals surface area (Å²) < 4.78 is 5.54. The van der Waals surface area contributed by atoms with Gasteiger partial charge in [0.2, 0.25) is 5.78 Å². The van der Waals surface area contributed by atoms with Crippen LogP contribution in [-0.2, 0) is 9.53 Å². The summed E-state index contributed by atoms with van der Waals surface area (Å²) in [6.45, 7) is 4.68. The van der Waals surface area contributed by atoms with Gasteiger partial charge >= 0.3 is 0 Å². The molecular formula is C21H23NO5S. The van der Waals surface area contributed by atoms with Crippen molar-refractivity contribution < 1.29 is 24.5 Å². The fourth-order valence-electron chi connectivity index (χ4n) is 3.21. The van der Waals surface area contributed by atoms with Gasteiger partial charge in [-0.15, -0.1) is 11.3 Å². The number of benzene rings is 1. The van der Waals surface area contributed by atoms with Crippen molar-refractivity contribution in [2.24, 2.45) is 0 Å². The monoisotopic (exact) mass is 401 g/mol. The number of aromatic hydroxyl groups is 1. The number of carbonyl (C=O) groups is 2. The van der Waals surface area contributed by atoms with E-state index in [4.69, 9.17) is 4.74 Å². The zero-order valence-electron chi connectivity index (χ0n) is 15.8. The number of aliphatic hydroxyl groups is 1. The van der Waals surface area contributed by atoms with E-state index in [2.05, 4.69) is 0 Å². The average molecular weight is 401 g/mol. The first-order valence-corrected chi connectivity index (χ1v) is 10.0. The lowest BCUT2D eigenvalue weighted by Crippen LogP contribution is -2.32. The third-order valence-corrected chi connectivity index (χ3v) is 5.37. The summed E-state index contributed by atoms with van der Waals surface area (Å²) in [6.07, 6.45) is 0.663. The Labute approximate surface area is 167 Å². The lowest BCUT2D eigenvalue weighted by atomic mass is 9.95. The predicted molar refractivity (Wildman–Crippen MR) is 107 cm³/mol. The Bertz CT molecular complexity index is 871. The Balaban J connectivity index is 1.93. The van der Waals surface area contributed by atoms with Crippen molar-refractivity contribution in [1.82, 2.24) is 4.90 Å². The van der Waals surface area contributed by atoms with Crippen molar-refractivity contribution in [3.05, 3.63) is 63.6 Å². The molecule has 0 aliphatic carbocycles. The van der Waals surface area contributed by atoms with Crippen molar-refractivity contribution in [3.8, 4) is 5.75 Å². The number of ketones is 1. The Morgan fingerprint density at radius 2 is 1.93 bits per heavy atom. The first kappa shape index (κ1) is 20.1. The molecule has 1 aliphatic heterocycles. The van der Waals surface area contributed by atoms with Crippen LogP contribution in [0.3, 0.4) is 0 Å². The van der Waals surface area contributed by atoms with Crippen molar-refractivity contribution >= 4 is 23.0 Å². The van der Waals surface area contributed by atoms with Crippen LogP contribution in [0.4, 0.5) is 0 Å². The highest BCUT2D eigenvalue weighted by atomic mass is 32.1. The highest BCUT2D eigenvalue weighted by Crippen LogP contribution is 2.39. The molecule has 1 amide bonds. The second-order valence-corrected chi connectivity index (χ2v) is 7.78. The molecule has 0 saturated heterocycles. The van der Waals surface area contributed by atoms with Crippen LogP contribution in [0.2, 0.25) is 0 Å². The number of phenolic OH excluding ortho intramolecular Hbond substituents is 1. The number of hydrogen-bond donors (Lipinski definition) is 2. The molecule has 1 atom stereocenters. The number of phenols is 1. The van der Waals surface area contributed by atoms with Gasteiger partial charge in [-0.05, 0) is 49.4 Å². The van der Waals surface area contributed by atoms with Crippen molar-refractivity contribution in [1.29, 1.82) is 0 Å². The molecule has 0 saturated carbocycles. The normalized spacial score (nSPS) is 17.0. The van der Waals surface area contributed by atoms with Crippen LogP contribution in [-0.4, -0.2) is 46.1 Å². The number of rotatable bonds is 8. The molecule has 2 N–H and O–H groups in total. The van der Waals surface area contributed by atoms with Gasteiger partial charge in [0.1, 0.15) is 5.75 Å². The van der Waals surface area contributed by atoms with Crippen molar-refractivity contribution in [2.45, 2.75) is 32.4 Å². The second kappa shape index (κ2) is 8.58. The van der Waals surface area contributed by atoms with E-state index >= 15 is 0 Å². The zero-order valence-corrected chi connectivity index (χ0v) is 16.6. The van der Waals surface area contributed by atoms with Gasteiger partial charge in [0, 0.05) is 13.2 Å². The minimum absolute atomic E-state index is 0.0721. The fourth-order valence-corrected chi connectivity index (χ4v) is 3.89. The van der Waals surface area contributed by atoms with Gasteiger partial charge in [-0.25, -0.2) is 0 Å². The van der Waals surface area contributed by atoms with Gasteiger partial charge < -0.3 is 19.8 Å². The molecule has 28 heavy (non-hydrogen) atoms. The number of Topliss-reactive ketones (excluding diaryl/α,β-unsaturated/α-hetero) is 1. The molecule has 0 spiro atoms. The maximum atomic E-state index is 13.0. The Hall–Kier alpha value is -2.64. The molecular weight excluding hydrogens is 378 g/mol. The minimum Gasteiger partial charge on any atom is -0.508 e. The Morgan fingerprint density at radius 1 is 1.21 bits per heavy atom. The summed E-state index contributed by atoms with van der Waals surface area (Å²) in [5, 5.41) is 21.9. The predicted octanol–water partition coefficient (Wildman–Crippen LogP) is 3.85. The SMILES string of the molecule is CC(C)OCCCN1C(=O)C(O)=C(C(=O)c2cccs2)[C@H]1c1ccc(O)cc1. The molecule has 0 radical (unpaired) electrons. The highest BCUT2D eigenvalue weighted by molar-refractivity contribution is 7.12. The second-order valence-electron chi connectivity index (χ2n) is 6.83. The summed E-state index contributed by atoms with van der Waals surface area (Å²) in [5.41, 5.74) is 0.725. The maximum Gasteiger partial charge on any atom is 0.290 e. The van der Waals surface area contributed by atoms with Gasteiger partial charge in [-0.3, -0.25) is 9.59 Å².